The molecule has 16 heavy (non-hydrogen) atoms. The summed E-state index contributed by atoms with van der Waals surface area (Å²) in [6.45, 7) is 3.27. The highest BCUT2D eigenvalue weighted by Crippen LogP contribution is 2.27. The number of aliphatic carboxylic acids is 1. The van der Waals surface area contributed by atoms with Gasteiger partial charge in [0.25, 0.3) is 0 Å². The van der Waals surface area contributed by atoms with Gasteiger partial charge in [-0.15, -0.1) is 0 Å². The van der Waals surface area contributed by atoms with Gasteiger partial charge in [-0.3, -0.25) is 0 Å². The summed E-state index contributed by atoms with van der Waals surface area (Å²) in [7, 11) is -2.88. The van der Waals surface area contributed by atoms with Gasteiger partial charge in [0.05, 0.1) is 0 Å². The summed E-state index contributed by atoms with van der Waals surface area (Å²) in [5.41, 5.74) is 1.22. The van der Waals surface area contributed by atoms with Crippen molar-refractivity contribution in [3.8, 4) is 0 Å². The highest BCUT2D eigenvalue weighted by Gasteiger charge is 2.47. The molecular formula is C10H10F2O3S. The zero-order chi connectivity index (χ0) is 12.5. The van der Waals surface area contributed by atoms with Crippen LogP contribution >= 0.6 is 0 Å². The van der Waals surface area contributed by atoms with Crippen molar-refractivity contribution in [2.24, 2.45) is 0 Å². The molecule has 3 nitrogen and oxygen atoms in total. The van der Waals surface area contributed by atoms with Gasteiger partial charge in [0.15, 0.2) is 0 Å². The molecule has 0 saturated carbocycles. The van der Waals surface area contributed by atoms with Crippen LogP contribution in [0.3, 0.4) is 0 Å². The van der Waals surface area contributed by atoms with Crippen LogP contribution in [0, 0.1) is 13.8 Å². The van der Waals surface area contributed by atoms with Gasteiger partial charge < -0.3 is 5.11 Å². The molecule has 0 aliphatic heterocycles. The first-order valence-corrected chi connectivity index (χ1v) is 5.52. The largest absolute Gasteiger partial charge is 0.476 e. The van der Waals surface area contributed by atoms with Crippen molar-refractivity contribution >= 4 is 16.8 Å². The van der Waals surface area contributed by atoms with Gasteiger partial charge in [-0.1, -0.05) is 17.7 Å². The number of alkyl halides is 2. The molecule has 1 aromatic carbocycles. The summed E-state index contributed by atoms with van der Waals surface area (Å²) >= 11 is 0. The first-order chi connectivity index (χ1) is 7.26. The van der Waals surface area contributed by atoms with Crippen molar-refractivity contribution in [2.75, 3.05) is 0 Å². The Balaban J connectivity index is 3.20. The normalized spacial score (nSPS) is 13.5. The molecule has 1 atom stereocenters. The predicted octanol–water partition coefficient (Wildman–Crippen LogP) is 2.09. The van der Waals surface area contributed by atoms with Crippen LogP contribution in [0.15, 0.2) is 23.1 Å². The second kappa shape index (κ2) is 4.29. The average molecular weight is 248 g/mol. The third-order valence-electron chi connectivity index (χ3n) is 2.01. The van der Waals surface area contributed by atoms with Crippen LogP contribution in [0.25, 0.3) is 0 Å². The van der Waals surface area contributed by atoms with Crippen molar-refractivity contribution in [2.45, 2.75) is 24.0 Å². The lowest BCUT2D eigenvalue weighted by Crippen LogP contribution is -2.33. The summed E-state index contributed by atoms with van der Waals surface area (Å²) in [4.78, 5) is 10.1. The number of carboxylic acid groups (broad SMARTS) is 1. The van der Waals surface area contributed by atoms with Crippen molar-refractivity contribution in [3.63, 3.8) is 0 Å². The second-order valence-electron chi connectivity index (χ2n) is 3.36. The number of carbonyl (C=O) groups is 1. The molecule has 88 valence electrons. The van der Waals surface area contributed by atoms with Gasteiger partial charge in [-0.2, -0.15) is 8.78 Å². The lowest BCUT2D eigenvalue weighted by atomic mass is 10.2. The Morgan fingerprint density at radius 2 is 1.94 bits per heavy atom. The summed E-state index contributed by atoms with van der Waals surface area (Å²) in [6, 6.07) is 4.35. The Kier molecular flexibility index (Phi) is 3.42. The second-order valence-corrected chi connectivity index (χ2v) is 4.85. The number of aryl methyl sites for hydroxylation is 2. The topological polar surface area (TPSA) is 54.4 Å². The summed E-state index contributed by atoms with van der Waals surface area (Å²) in [5.74, 6) is -2.38. The highest BCUT2D eigenvalue weighted by atomic mass is 32.2. The van der Waals surface area contributed by atoms with Gasteiger partial charge >= 0.3 is 11.2 Å². The Morgan fingerprint density at radius 3 is 2.38 bits per heavy atom. The maximum absolute atomic E-state index is 13.0. The molecule has 0 amide bonds. The lowest BCUT2D eigenvalue weighted by molar-refractivity contribution is -0.153. The van der Waals surface area contributed by atoms with Gasteiger partial charge in [0.1, 0.15) is 10.8 Å². The minimum Gasteiger partial charge on any atom is -0.476 e. The van der Waals surface area contributed by atoms with Crippen molar-refractivity contribution < 1.29 is 22.9 Å². The van der Waals surface area contributed by atoms with E-state index in [9.17, 15) is 17.8 Å². The Bertz CT molecular complexity index is 457. The van der Waals surface area contributed by atoms with Gasteiger partial charge in [-0.25, -0.2) is 9.00 Å². The van der Waals surface area contributed by atoms with Crippen LogP contribution in [0.5, 0.6) is 0 Å². The quantitative estimate of drug-likeness (QED) is 0.891. The van der Waals surface area contributed by atoms with E-state index in [0.717, 1.165) is 5.56 Å². The van der Waals surface area contributed by atoms with E-state index in [4.69, 9.17) is 5.11 Å². The van der Waals surface area contributed by atoms with Crippen molar-refractivity contribution in [1.29, 1.82) is 0 Å². The number of rotatable bonds is 3. The summed E-state index contributed by atoms with van der Waals surface area (Å²) in [6.07, 6.45) is 0. The fraction of sp³-hybridized carbons (Fsp3) is 0.300. The Morgan fingerprint density at radius 1 is 1.38 bits per heavy atom. The van der Waals surface area contributed by atoms with E-state index in [0.29, 0.717) is 5.56 Å². The van der Waals surface area contributed by atoms with E-state index >= 15 is 0 Å². The molecule has 0 bridgehead atoms. The van der Waals surface area contributed by atoms with Crippen LogP contribution in [-0.2, 0) is 15.6 Å². The molecule has 0 saturated heterocycles. The van der Waals surface area contributed by atoms with Crippen LogP contribution in [0.4, 0.5) is 8.78 Å². The van der Waals surface area contributed by atoms with Gasteiger partial charge in [0.2, 0.25) is 0 Å². The fourth-order valence-corrected chi connectivity index (χ4v) is 2.20. The molecule has 0 aliphatic rings. The first kappa shape index (κ1) is 12.8. The number of carboxylic acids is 1. The number of hydrogen-bond acceptors (Lipinski definition) is 2. The van der Waals surface area contributed by atoms with E-state index in [1.807, 2.05) is 0 Å². The minimum atomic E-state index is -4.26. The number of benzene rings is 1. The summed E-state index contributed by atoms with van der Waals surface area (Å²) < 4.78 is 37.4. The van der Waals surface area contributed by atoms with E-state index in [2.05, 4.69) is 0 Å². The van der Waals surface area contributed by atoms with E-state index in [1.54, 1.807) is 13.0 Å². The number of halogens is 2. The molecule has 0 radical (unpaired) electrons. The van der Waals surface area contributed by atoms with Gasteiger partial charge in [0, 0.05) is 4.90 Å². The monoisotopic (exact) mass is 248 g/mol. The van der Waals surface area contributed by atoms with Crippen molar-refractivity contribution in [3.05, 3.63) is 29.3 Å². The molecule has 1 N–H and O–H groups in total. The highest BCUT2D eigenvalue weighted by molar-refractivity contribution is 7.87. The zero-order valence-electron chi connectivity index (χ0n) is 8.66. The maximum Gasteiger partial charge on any atom is 0.419 e. The van der Waals surface area contributed by atoms with Crippen molar-refractivity contribution in [1.82, 2.24) is 0 Å². The van der Waals surface area contributed by atoms with E-state index < -0.39 is 22.0 Å². The van der Waals surface area contributed by atoms with Crippen LogP contribution < -0.4 is 0 Å². The molecule has 0 fully saturated rings. The Labute approximate surface area is 93.6 Å². The smallest absolute Gasteiger partial charge is 0.419 e. The van der Waals surface area contributed by atoms with Gasteiger partial charge in [-0.05, 0) is 25.5 Å². The van der Waals surface area contributed by atoms with Crippen LogP contribution in [-0.4, -0.2) is 20.5 Å². The number of hydrogen-bond donors (Lipinski definition) is 1. The standard InChI is InChI=1S/C10H10F2O3S/c1-6-3-4-8(7(2)5-6)16(15)10(11,12)9(13)14/h3-5H,1-2H3,(H,13,14). The molecule has 0 heterocycles. The molecule has 0 spiro atoms. The maximum atomic E-state index is 13.0. The summed E-state index contributed by atoms with van der Waals surface area (Å²) in [5, 5.41) is 4.01. The third-order valence-corrected chi connectivity index (χ3v) is 3.51. The molecule has 1 unspecified atom stereocenters. The fourth-order valence-electron chi connectivity index (χ4n) is 1.22. The van der Waals surface area contributed by atoms with Crippen LogP contribution in [0.2, 0.25) is 0 Å². The average Bonchev–Trinajstić information content (AvgIpc) is 2.16. The van der Waals surface area contributed by atoms with Crippen LogP contribution in [0.1, 0.15) is 11.1 Å². The lowest BCUT2D eigenvalue weighted by Gasteiger charge is -2.12. The minimum absolute atomic E-state index is 0.155. The third kappa shape index (κ3) is 2.27. The first-order valence-electron chi connectivity index (χ1n) is 4.37. The molecule has 0 aromatic heterocycles. The molecule has 1 aromatic rings. The molecule has 1 rings (SSSR count). The zero-order valence-corrected chi connectivity index (χ0v) is 9.48. The Hall–Kier alpha value is -1.30. The van der Waals surface area contributed by atoms with E-state index in [1.165, 1.54) is 19.1 Å². The van der Waals surface area contributed by atoms with E-state index in [-0.39, 0.29) is 4.90 Å². The molecule has 6 heteroatoms. The molecule has 0 aliphatic carbocycles. The predicted molar refractivity (Wildman–Crippen MR) is 54.9 cm³/mol. The molecular weight excluding hydrogens is 238 g/mol. The SMILES string of the molecule is Cc1ccc(S(=O)C(F)(F)C(=O)O)c(C)c1.